The molecule has 0 radical (unpaired) electrons. The number of alkyl halides is 6. The van der Waals surface area contributed by atoms with Crippen LogP contribution >= 0.6 is 0 Å². The maximum atomic E-state index is 14.0. The molecular weight excluding hydrogens is 1310 g/mol. The van der Waals surface area contributed by atoms with Gasteiger partial charge in [-0.15, -0.1) is 5.10 Å². The summed E-state index contributed by atoms with van der Waals surface area (Å²) >= 11 is 0. The van der Waals surface area contributed by atoms with E-state index in [1.54, 1.807) is 24.8 Å². The Kier molecular flexibility index (Phi) is 47.3. The van der Waals surface area contributed by atoms with Crippen LogP contribution < -0.4 is 54.4 Å². The number of amides is 7. The fourth-order valence-electron chi connectivity index (χ4n) is 7.82. The van der Waals surface area contributed by atoms with Crippen LogP contribution in [0, 0.1) is 17.8 Å². The molecule has 0 saturated heterocycles. The Bertz CT molecular complexity index is 2580. The number of carboxylic acid groups (broad SMARTS) is 2. The number of carboxylic acids is 2. The van der Waals surface area contributed by atoms with Crippen molar-refractivity contribution in [3.8, 4) is 0 Å². The van der Waals surface area contributed by atoms with Crippen molar-refractivity contribution in [2.24, 2.45) is 39.9 Å². The summed E-state index contributed by atoms with van der Waals surface area (Å²) in [5, 5.41) is 41.2. The number of guanidine groups is 1. The van der Waals surface area contributed by atoms with Gasteiger partial charge in [0.15, 0.2) is 11.7 Å². The summed E-state index contributed by atoms with van der Waals surface area (Å²) in [6, 6.07) is -2.42. The van der Waals surface area contributed by atoms with Gasteiger partial charge in [0, 0.05) is 20.2 Å². The Labute approximate surface area is 558 Å². The molecule has 0 spiro atoms. The number of nitrogens with two attached hydrogens (primary N) is 3. The summed E-state index contributed by atoms with van der Waals surface area (Å²) in [6.45, 7) is 16.6. The maximum absolute atomic E-state index is 14.0. The van der Waals surface area contributed by atoms with E-state index in [9.17, 15) is 59.9 Å². The van der Waals surface area contributed by atoms with Gasteiger partial charge in [0.25, 0.3) is 5.91 Å². The van der Waals surface area contributed by atoms with Crippen molar-refractivity contribution in [2.45, 2.75) is 142 Å². The van der Waals surface area contributed by atoms with Crippen LogP contribution in [-0.4, -0.2) is 240 Å². The van der Waals surface area contributed by atoms with Crippen molar-refractivity contribution in [2.75, 3.05) is 113 Å². The number of hydrogen-bond acceptors (Lipinski definition) is 21. The first kappa shape index (κ1) is 89.2. The highest BCUT2D eigenvalue weighted by atomic mass is 19.4. The summed E-state index contributed by atoms with van der Waals surface area (Å²) < 4.78 is 109. The average molecular weight is 1410 g/mol. The van der Waals surface area contributed by atoms with Crippen LogP contribution in [0.25, 0.3) is 0 Å². The highest BCUT2D eigenvalue weighted by molar-refractivity contribution is 5.98. The van der Waals surface area contributed by atoms with Gasteiger partial charge in [-0.1, -0.05) is 53.2 Å². The molecule has 0 saturated carbocycles. The number of carbonyl (C=O) groups is 9. The van der Waals surface area contributed by atoms with E-state index in [1.165, 1.54) is 12.3 Å². The van der Waals surface area contributed by atoms with E-state index in [2.05, 4.69) is 52.5 Å². The number of halogens is 6. The molecule has 7 amide bonds. The second-order valence-electron chi connectivity index (χ2n) is 22.0. The van der Waals surface area contributed by atoms with E-state index in [0.29, 0.717) is 92.1 Å². The van der Waals surface area contributed by atoms with Crippen LogP contribution in [0.5, 0.6) is 0 Å². The number of nitrogens with zero attached hydrogens (tertiary/aromatic N) is 4. The zero-order chi connectivity index (χ0) is 73.4. The summed E-state index contributed by atoms with van der Waals surface area (Å²) in [5.41, 5.74) is 17.6. The highest BCUT2D eigenvalue weighted by Gasteiger charge is 2.39. The summed E-state index contributed by atoms with van der Waals surface area (Å²) in [7, 11) is 1.61. The fourth-order valence-corrected chi connectivity index (χ4v) is 7.82. The van der Waals surface area contributed by atoms with Crippen LogP contribution in [0.2, 0.25) is 0 Å². The Morgan fingerprint density at radius 3 is 1.56 bits per heavy atom. The van der Waals surface area contributed by atoms with Crippen molar-refractivity contribution >= 4 is 59.2 Å². The van der Waals surface area contributed by atoms with Gasteiger partial charge in [-0.05, 0) is 75.0 Å². The van der Waals surface area contributed by atoms with Gasteiger partial charge in [0.1, 0.15) is 35.9 Å². The largest absolute Gasteiger partial charge is 0.490 e. The molecule has 0 bridgehead atoms. The number of rotatable bonds is 49. The molecule has 0 aliphatic rings. The minimum absolute atomic E-state index is 0.00449. The molecule has 0 fully saturated rings. The molecule has 2 aromatic heterocycles. The number of furan rings is 1. The molecule has 0 aliphatic carbocycles. The van der Waals surface area contributed by atoms with E-state index in [-0.39, 0.29) is 94.4 Å². The Balaban J connectivity index is 0.00000589. The second-order valence-corrected chi connectivity index (χ2v) is 22.0. The molecule has 15 N–H and O–H groups in total. The van der Waals surface area contributed by atoms with Crippen molar-refractivity contribution in [1.29, 1.82) is 0 Å². The number of aromatic nitrogens is 3. The Morgan fingerprint density at radius 1 is 0.629 bits per heavy atom. The van der Waals surface area contributed by atoms with E-state index >= 15 is 0 Å². The molecule has 2 heterocycles. The highest BCUT2D eigenvalue weighted by Crippen LogP contribution is 2.16. The number of methoxy groups -OCH3 is 1. The maximum Gasteiger partial charge on any atom is 0.490 e. The minimum atomic E-state index is -5.08. The first-order valence-electron chi connectivity index (χ1n) is 31.1. The van der Waals surface area contributed by atoms with Crippen molar-refractivity contribution in [3.05, 3.63) is 36.0 Å². The van der Waals surface area contributed by atoms with Gasteiger partial charge in [-0.25, -0.2) is 14.3 Å². The fraction of sp³-hybridized carbons (Fsp3) is 0.724. The zero-order valence-corrected chi connectivity index (χ0v) is 55.7. The van der Waals surface area contributed by atoms with Gasteiger partial charge >= 0.3 is 24.3 Å². The number of nitrogens with one attached hydrogen (secondary N) is 7. The lowest BCUT2D eigenvalue weighted by Gasteiger charge is -2.27. The smallest absolute Gasteiger partial charge is 0.475 e. The third kappa shape index (κ3) is 44.6. The van der Waals surface area contributed by atoms with Crippen molar-refractivity contribution < 1.29 is 117 Å². The first-order chi connectivity index (χ1) is 45.8. The topological polar surface area (TPSA) is 477 Å². The van der Waals surface area contributed by atoms with E-state index < -0.39 is 102 Å². The van der Waals surface area contributed by atoms with Crippen LogP contribution in [0.3, 0.4) is 0 Å². The van der Waals surface area contributed by atoms with Crippen LogP contribution in [0.15, 0.2) is 34.0 Å². The molecule has 2 rings (SSSR count). The molecule has 556 valence electrons. The van der Waals surface area contributed by atoms with Crippen molar-refractivity contribution in [3.63, 3.8) is 0 Å². The molecule has 33 nitrogen and oxygen atoms in total. The lowest BCUT2D eigenvalue weighted by Crippen LogP contribution is -2.58. The molecule has 97 heavy (non-hydrogen) atoms. The molecule has 0 unspecified atom stereocenters. The summed E-state index contributed by atoms with van der Waals surface area (Å²) in [4.78, 5) is 117. The number of carbonyl (C=O) groups excluding carboxylic acids is 7. The Hall–Kier alpha value is -7.82. The average Bonchev–Trinajstić information content (AvgIpc) is 1.24. The van der Waals surface area contributed by atoms with Gasteiger partial charge < -0.3 is 102 Å². The normalized spacial score (nSPS) is 13.2. The third-order valence-corrected chi connectivity index (χ3v) is 12.8. The molecule has 39 heteroatoms. The van der Waals surface area contributed by atoms with Gasteiger partial charge in [-0.3, -0.25) is 38.6 Å². The predicted octanol–water partition coefficient (Wildman–Crippen LogP) is 0.285. The van der Waals surface area contributed by atoms with Gasteiger partial charge in [0.05, 0.1) is 111 Å². The van der Waals surface area contributed by atoms with Gasteiger partial charge in [-0.2, -0.15) is 26.3 Å². The second kappa shape index (κ2) is 51.4. The minimum Gasteiger partial charge on any atom is -0.475 e. The zero-order valence-electron chi connectivity index (χ0n) is 55.7. The standard InChI is InChI=1S/C54H96N14O15.2C2HF3O2/c1-8-39(6)47(65-51(73)44(33-38(4)5)64-52(74)45-14-11-19-83-45)53(75)60-34-46(69)61-42(13-10-16-59-54(56)57)49(71)63-43(32-37(2)3)50(72)62-41(12-9-15-55)48(70)58-17-20-77-22-24-79-26-28-81-30-31-82-29-27-80-25-23-78-21-18-68-35-40(36-76-7)66-67-68;2*3-2(4,5)1(6)7/h11,14,19,35,37-39,41-44,47H,8-10,12-13,15-18,20-34,36,55H2,1-7H3,(H,58,70)(H,60,75)(H,61,69)(H,62,72)(H,63,71)(H,64,74)(H,65,73)(H4,56,57,59);2*(H,6,7)/t39-,41-,42-,43-,44-,47-;;/m0../s1. The van der Waals surface area contributed by atoms with E-state index in [4.69, 9.17) is 74.6 Å². The van der Waals surface area contributed by atoms with E-state index in [0.717, 1.165) is 5.69 Å². The van der Waals surface area contributed by atoms with Crippen LogP contribution in [0.4, 0.5) is 26.3 Å². The number of ether oxygens (including phenoxy) is 7. The number of aliphatic carboxylic acids is 2. The molecular formula is C58H98F6N14O19. The number of hydrogen-bond donors (Lipinski definition) is 12. The van der Waals surface area contributed by atoms with Crippen LogP contribution in [0.1, 0.15) is 103 Å². The summed E-state index contributed by atoms with van der Waals surface area (Å²) in [5.74, 6) is -10.6. The molecule has 0 aromatic carbocycles. The van der Waals surface area contributed by atoms with Gasteiger partial charge in [0.2, 0.25) is 35.4 Å². The predicted molar refractivity (Wildman–Crippen MR) is 333 cm³/mol. The molecule has 6 atom stereocenters. The van der Waals surface area contributed by atoms with Crippen molar-refractivity contribution in [1.82, 2.24) is 52.2 Å². The first-order valence-corrected chi connectivity index (χ1v) is 31.1. The lowest BCUT2D eigenvalue weighted by molar-refractivity contribution is -0.193. The number of aliphatic imine (C=N–C) groups is 1. The molecule has 0 aliphatic heterocycles. The Morgan fingerprint density at radius 2 is 1.09 bits per heavy atom. The summed E-state index contributed by atoms with van der Waals surface area (Å²) in [6.07, 6.45) is -5.19. The third-order valence-electron chi connectivity index (χ3n) is 12.8. The molecule has 2 aromatic rings. The van der Waals surface area contributed by atoms with Crippen LogP contribution in [-0.2, 0) is 84.7 Å². The quantitative estimate of drug-likeness (QED) is 0.0183. The lowest BCUT2D eigenvalue weighted by atomic mass is 9.96. The SMILES string of the molecule is CC[C@H](C)[C@H](NC(=O)[C@H](CC(C)C)NC(=O)c1ccco1)C(=O)NCC(=O)N[C@@H](CCCN=C(N)N)C(=O)N[C@@H](CC(C)C)C(=O)N[C@@H](CCCN)C(=O)NCCOCCOCCOCCOCCOCCOCCn1cc(COC)nn1.O=C(O)C(F)(F)F.O=C(O)C(F)(F)F. The van der Waals surface area contributed by atoms with E-state index in [1.807, 2.05) is 40.8 Å². The monoisotopic (exact) mass is 1410 g/mol.